The maximum atomic E-state index is 13.1. The van der Waals surface area contributed by atoms with Gasteiger partial charge in [-0.15, -0.1) is 0 Å². The van der Waals surface area contributed by atoms with Crippen molar-refractivity contribution < 1.29 is 32.3 Å². The number of hydrogen-bond acceptors (Lipinski definition) is 4. The van der Waals surface area contributed by atoms with Crippen LogP contribution in [-0.2, 0) is 15.8 Å². The second kappa shape index (κ2) is 7.22. The molecule has 0 bridgehead atoms. The quantitative estimate of drug-likeness (QED) is 0.746. The van der Waals surface area contributed by atoms with Crippen molar-refractivity contribution >= 4 is 34.8 Å². The van der Waals surface area contributed by atoms with Gasteiger partial charge in [-0.2, -0.15) is 13.2 Å². The zero-order valence-electron chi connectivity index (χ0n) is 14.4. The summed E-state index contributed by atoms with van der Waals surface area (Å²) in [7, 11) is 0. The van der Waals surface area contributed by atoms with Crippen molar-refractivity contribution in [1.29, 1.82) is 0 Å². The molecule has 10 heteroatoms. The third-order valence-corrected chi connectivity index (χ3v) is 3.75. The smallest absolute Gasteiger partial charge is 0.416 e. The standard InChI is InChI=1S/C18H14F3N3O4/c1-9(25)22-12-4-2-10(3-5-12)17(27)24-14-7-11(18(19,20)21)6-13-16(14)28-8-15(26)23-13/h2-7H,8H2,1H3,(H,22,25)(H,23,26)(H,24,27). The molecular weight excluding hydrogens is 379 g/mol. The van der Waals surface area contributed by atoms with Crippen LogP contribution in [0.2, 0.25) is 0 Å². The number of carbonyl (C=O) groups excluding carboxylic acids is 3. The lowest BCUT2D eigenvalue weighted by atomic mass is 10.1. The van der Waals surface area contributed by atoms with Gasteiger partial charge in [0.25, 0.3) is 11.8 Å². The molecule has 0 spiro atoms. The van der Waals surface area contributed by atoms with Crippen molar-refractivity contribution in [1.82, 2.24) is 0 Å². The van der Waals surface area contributed by atoms with Gasteiger partial charge in [-0.05, 0) is 36.4 Å². The highest BCUT2D eigenvalue weighted by molar-refractivity contribution is 6.07. The van der Waals surface area contributed by atoms with E-state index in [1.54, 1.807) is 0 Å². The fourth-order valence-corrected chi connectivity index (χ4v) is 2.56. The van der Waals surface area contributed by atoms with Crippen LogP contribution in [0.3, 0.4) is 0 Å². The second-order valence-electron chi connectivity index (χ2n) is 5.95. The predicted molar refractivity (Wildman–Crippen MR) is 94.3 cm³/mol. The summed E-state index contributed by atoms with van der Waals surface area (Å²) in [6.07, 6.45) is -4.68. The molecule has 7 nitrogen and oxygen atoms in total. The van der Waals surface area contributed by atoms with Gasteiger partial charge in [0.15, 0.2) is 12.4 Å². The van der Waals surface area contributed by atoms with Gasteiger partial charge >= 0.3 is 6.18 Å². The van der Waals surface area contributed by atoms with Crippen LogP contribution in [-0.4, -0.2) is 24.3 Å². The van der Waals surface area contributed by atoms with Gasteiger partial charge in [-0.25, -0.2) is 0 Å². The number of rotatable bonds is 3. The first-order chi connectivity index (χ1) is 13.1. The number of ether oxygens (including phenoxy) is 1. The Morgan fingerprint density at radius 2 is 1.79 bits per heavy atom. The maximum Gasteiger partial charge on any atom is 0.416 e. The summed E-state index contributed by atoms with van der Waals surface area (Å²) in [6, 6.07) is 7.25. The number of anilines is 3. The highest BCUT2D eigenvalue weighted by atomic mass is 19.4. The molecule has 146 valence electrons. The third kappa shape index (κ3) is 4.22. The van der Waals surface area contributed by atoms with Crippen molar-refractivity contribution in [3.8, 4) is 5.75 Å². The van der Waals surface area contributed by atoms with Crippen molar-refractivity contribution in [2.45, 2.75) is 13.1 Å². The molecular formula is C18H14F3N3O4. The highest BCUT2D eigenvalue weighted by Gasteiger charge is 2.34. The van der Waals surface area contributed by atoms with Crippen LogP contribution in [0.25, 0.3) is 0 Å². The molecule has 2 aromatic carbocycles. The monoisotopic (exact) mass is 393 g/mol. The van der Waals surface area contributed by atoms with Crippen molar-refractivity contribution in [3.63, 3.8) is 0 Å². The third-order valence-electron chi connectivity index (χ3n) is 3.75. The van der Waals surface area contributed by atoms with Gasteiger partial charge in [0, 0.05) is 18.2 Å². The molecule has 1 aliphatic rings. The van der Waals surface area contributed by atoms with Crippen LogP contribution in [0.5, 0.6) is 5.75 Å². The number of hydrogen-bond donors (Lipinski definition) is 3. The Kier molecular flexibility index (Phi) is 4.95. The average molecular weight is 393 g/mol. The Balaban J connectivity index is 1.90. The van der Waals surface area contributed by atoms with Gasteiger partial charge in [-0.3, -0.25) is 14.4 Å². The topological polar surface area (TPSA) is 96.5 Å². The zero-order chi connectivity index (χ0) is 20.5. The molecule has 3 rings (SSSR count). The Morgan fingerprint density at radius 3 is 2.39 bits per heavy atom. The van der Waals surface area contributed by atoms with Gasteiger partial charge in [-0.1, -0.05) is 0 Å². The number of halogens is 3. The van der Waals surface area contributed by atoms with Crippen LogP contribution in [0.15, 0.2) is 36.4 Å². The van der Waals surface area contributed by atoms with Crippen LogP contribution in [0, 0.1) is 0 Å². The summed E-state index contributed by atoms with van der Waals surface area (Å²) in [5, 5.41) is 7.20. The van der Waals surface area contributed by atoms with E-state index in [0.717, 1.165) is 12.1 Å². The highest BCUT2D eigenvalue weighted by Crippen LogP contribution is 2.42. The normalized spacial score (nSPS) is 13.1. The summed E-state index contributed by atoms with van der Waals surface area (Å²) >= 11 is 0. The Hall–Kier alpha value is -3.56. The molecule has 0 unspecified atom stereocenters. The molecule has 0 saturated heterocycles. The molecule has 1 aliphatic heterocycles. The molecule has 28 heavy (non-hydrogen) atoms. The Labute approximate surface area is 156 Å². The summed E-state index contributed by atoms with van der Waals surface area (Å²) < 4.78 is 44.6. The minimum Gasteiger partial charge on any atom is -0.479 e. The lowest BCUT2D eigenvalue weighted by Gasteiger charge is -2.23. The summed E-state index contributed by atoms with van der Waals surface area (Å²) in [6.45, 7) is 0.947. The molecule has 0 saturated carbocycles. The van der Waals surface area contributed by atoms with E-state index in [9.17, 15) is 27.6 Å². The molecule has 3 N–H and O–H groups in total. The van der Waals surface area contributed by atoms with Crippen LogP contribution in [0.4, 0.5) is 30.2 Å². The number of benzene rings is 2. The predicted octanol–water partition coefficient (Wildman–Crippen LogP) is 3.25. The molecule has 2 aromatic rings. The van der Waals surface area contributed by atoms with Crippen LogP contribution >= 0.6 is 0 Å². The zero-order valence-corrected chi connectivity index (χ0v) is 14.4. The van der Waals surface area contributed by atoms with E-state index in [2.05, 4.69) is 16.0 Å². The fraction of sp³-hybridized carbons (Fsp3) is 0.167. The molecule has 0 aromatic heterocycles. The van der Waals surface area contributed by atoms with Gasteiger partial charge in [0.05, 0.1) is 16.9 Å². The van der Waals surface area contributed by atoms with Gasteiger partial charge < -0.3 is 20.7 Å². The first kappa shape index (κ1) is 19.2. The number of alkyl halides is 3. The molecule has 0 radical (unpaired) electrons. The fourth-order valence-electron chi connectivity index (χ4n) is 2.56. The first-order valence-electron chi connectivity index (χ1n) is 8.00. The van der Waals surface area contributed by atoms with Crippen molar-refractivity contribution in [2.24, 2.45) is 0 Å². The summed E-state index contributed by atoms with van der Waals surface area (Å²) in [4.78, 5) is 34.9. The number of nitrogens with one attached hydrogen (secondary N) is 3. The summed E-state index contributed by atoms with van der Waals surface area (Å²) in [5.41, 5.74) is -0.830. The second-order valence-corrected chi connectivity index (χ2v) is 5.95. The number of carbonyl (C=O) groups is 3. The van der Waals surface area contributed by atoms with E-state index >= 15 is 0 Å². The van der Waals surface area contributed by atoms with E-state index in [1.807, 2.05) is 0 Å². The SMILES string of the molecule is CC(=O)Nc1ccc(C(=O)Nc2cc(C(F)(F)F)cc3c2OCC(=O)N3)cc1. The molecule has 3 amide bonds. The minimum absolute atomic E-state index is 0.0594. The number of amides is 3. The number of fused-ring (bicyclic) bond motifs is 1. The van der Waals surface area contributed by atoms with E-state index in [0.29, 0.717) is 5.69 Å². The molecule has 0 atom stereocenters. The minimum atomic E-state index is -4.68. The van der Waals surface area contributed by atoms with Crippen LogP contribution < -0.4 is 20.7 Å². The summed E-state index contributed by atoms with van der Waals surface area (Å²) in [5.74, 6) is -1.63. The maximum absolute atomic E-state index is 13.1. The average Bonchev–Trinajstić information content (AvgIpc) is 2.60. The molecule has 0 fully saturated rings. The van der Waals surface area contributed by atoms with Crippen molar-refractivity contribution in [2.75, 3.05) is 22.6 Å². The molecule has 0 aliphatic carbocycles. The Bertz CT molecular complexity index is 956. The lowest BCUT2D eigenvalue weighted by molar-refractivity contribution is -0.137. The lowest BCUT2D eigenvalue weighted by Crippen LogP contribution is -2.27. The van der Waals surface area contributed by atoms with Gasteiger partial charge in [0.1, 0.15) is 0 Å². The van der Waals surface area contributed by atoms with Crippen molar-refractivity contribution in [3.05, 3.63) is 47.5 Å². The molecule has 1 heterocycles. The van der Waals surface area contributed by atoms with Gasteiger partial charge in [0.2, 0.25) is 5.91 Å². The van der Waals surface area contributed by atoms with E-state index in [4.69, 9.17) is 4.74 Å². The Morgan fingerprint density at radius 1 is 1.11 bits per heavy atom. The largest absolute Gasteiger partial charge is 0.479 e. The van der Waals surface area contributed by atoms with E-state index in [1.165, 1.54) is 31.2 Å². The first-order valence-corrected chi connectivity index (χ1v) is 8.00. The van der Waals surface area contributed by atoms with E-state index < -0.39 is 23.6 Å². The van der Waals surface area contributed by atoms with E-state index in [-0.39, 0.29) is 35.2 Å². The van der Waals surface area contributed by atoms with Crippen LogP contribution in [0.1, 0.15) is 22.8 Å².